The number of hydrogen-bond acceptors (Lipinski definition) is 5. The SMILES string of the molecule is CN(CCc1ccccn1)Cc1cccnc1.O=C(O)C(=O)O. The molecule has 0 fully saturated rings. The van der Waals surface area contributed by atoms with Crippen LogP contribution in [0.1, 0.15) is 11.3 Å². The Balaban J connectivity index is 0.000000379. The summed E-state index contributed by atoms with van der Waals surface area (Å²) < 4.78 is 0. The summed E-state index contributed by atoms with van der Waals surface area (Å²) in [7, 11) is 2.12. The largest absolute Gasteiger partial charge is 0.473 e. The van der Waals surface area contributed by atoms with Gasteiger partial charge in [-0.05, 0) is 30.8 Å². The second kappa shape index (κ2) is 10.0. The molecule has 2 aromatic heterocycles. The molecule has 0 amide bonds. The second-order valence-corrected chi connectivity index (χ2v) is 4.78. The first-order valence-corrected chi connectivity index (χ1v) is 6.92. The lowest BCUT2D eigenvalue weighted by Gasteiger charge is -2.15. The van der Waals surface area contributed by atoms with Crippen LogP contribution in [0, 0.1) is 0 Å². The molecule has 23 heavy (non-hydrogen) atoms. The maximum atomic E-state index is 9.10. The molecule has 0 saturated heterocycles. The number of carboxylic acids is 2. The lowest BCUT2D eigenvalue weighted by Crippen LogP contribution is -2.21. The molecule has 0 bridgehead atoms. The molecular weight excluding hydrogens is 298 g/mol. The van der Waals surface area contributed by atoms with Crippen LogP contribution in [-0.2, 0) is 22.6 Å². The van der Waals surface area contributed by atoms with Crippen molar-refractivity contribution in [1.29, 1.82) is 0 Å². The van der Waals surface area contributed by atoms with Gasteiger partial charge in [0.25, 0.3) is 0 Å². The number of aromatic nitrogens is 2. The highest BCUT2D eigenvalue weighted by Crippen LogP contribution is 2.02. The van der Waals surface area contributed by atoms with Crippen LogP contribution in [0.3, 0.4) is 0 Å². The molecule has 0 aliphatic heterocycles. The molecular formula is C16H19N3O4. The standard InChI is InChI=1S/C14H17N3.C2H2O4/c1-17(12-13-5-4-8-15-11-13)10-7-14-6-2-3-9-16-14;3-1(4)2(5)6/h2-6,8-9,11H,7,10,12H2,1H3;(H,3,4)(H,5,6). The summed E-state index contributed by atoms with van der Waals surface area (Å²) in [6, 6.07) is 10.1. The van der Waals surface area contributed by atoms with Crippen molar-refractivity contribution in [3.63, 3.8) is 0 Å². The average Bonchev–Trinajstić information content (AvgIpc) is 2.55. The quantitative estimate of drug-likeness (QED) is 0.801. The van der Waals surface area contributed by atoms with Crippen LogP contribution in [0.2, 0.25) is 0 Å². The Labute approximate surface area is 134 Å². The highest BCUT2D eigenvalue weighted by Gasteiger charge is 2.04. The molecule has 0 radical (unpaired) electrons. The fourth-order valence-electron chi connectivity index (χ4n) is 1.73. The number of likely N-dealkylation sites (N-methyl/N-ethyl adjacent to an activating group) is 1. The molecule has 2 aromatic rings. The normalized spacial score (nSPS) is 9.83. The summed E-state index contributed by atoms with van der Waals surface area (Å²) >= 11 is 0. The van der Waals surface area contributed by atoms with Gasteiger partial charge in [0, 0.05) is 43.8 Å². The van der Waals surface area contributed by atoms with Gasteiger partial charge in [-0.1, -0.05) is 12.1 Å². The van der Waals surface area contributed by atoms with Crippen molar-refractivity contribution in [1.82, 2.24) is 14.9 Å². The molecule has 7 nitrogen and oxygen atoms in total. The van der Waals surface area contributed by atoms with E-state index >= 15 is 0 Å². The van der Waals surface area contributed by atoms with Gasteiger partial charge in [0.1, 0.15) is 0 Å². The number of rotatable bonds is 5. The van der Waals surface area contributed by atoms with Gasteiger partial charge < -0.3 is 15.1 Å². The first kappa shape index (κ1) is 18.2. The Morgan fingerprint density at radius 1 is 1.09 bits per heavy atom. The number of nitrogens with zero attached hydrogens (tertiary/aromatic N) is 3. The van der Waals surface area contributed by atoms with Crippen LogP contribution in [0.15, 0.2) is 48.9 Å². The maximum Gasteiger partial charge on any atom is 0.414 e. The summed E-state index contributed by atoms with van der Waals surface area (Å²) in [6.07, 6.45) is 6.54. The number of carbonyl (C=O) groups is 2. The van der Waals surface area contributed by atoms with E-state index in [1.54, 1.807) is 6.20 Å². The molecule has 0 saturated carbocycles. The summed E-state index contributed by atoms with van der Waals surface area (Å²) in [5.41, 5.74) is 2.39. The maximum absolute atomic E-state index is 9.10. The van der Waals surface area contributed by atoms with Gasteiger partial charge in [-0.2, -0.15) is 0 Å². The van der Waals surface area contributed by atoms with Gasteiger partial charge in [0.15, 0.2) is 0 Å². The minimum absolute atomic E-state index is 0.931. The molecule has 0 atom stereocenters. The Bertz CT molecular complexity index is 593. The highest BCUT2D eigenvalue weighted by molar-refractivity contribution is 6.27. The van der Waals surface area contributed by atoms with E-state index < -0.39 is 11.9 Å². The van der Waals surface area contributed by atoms with Crippen LogP contribution >= 0.6 is 0 Å². The predicted octanol–water partition coefficient (Wildman–Crippen LogP) is 1.31. The first-order valence-electron chi connectivity index (χ1n) is 6.92. The van der Waals surface area contributed by atoms with Gasteiger partial charge in [0.2, 0.25) is 0 Å². The van der Waals surface area contributed by atoms with Gasteiger partial charge in [-0.15, -0.1) is 0 Å². The van der Waals surface area contributed by atoms with Crippen molar-refractivity contribution in [3.05, 3.63) is 60.2 Å². The van der Waals surface area contributed by atoms with Crippen molar-refractivity contribution >= 4 is 11.9 Å². The molecule has 122 valence electrons. The molecule has 0 aromatic carbocycles. The second-order valence-electron chi connectivity index (χ2n) is 4.78. The molecule has 7 heteroatoms. The number of pyridine rings is 2. The Hall–Kier alpha value is -2.80. The fourth-order valence-corrected chi connectivity index (χ4v) is 1.73. The molecule has 0 aliphatic carbocycles. The zero-order valence-electron chi connectivity index (χ0n) is 12.8. The van der Waals surface area contributed by atoms with Crippen molar-refractivity contribution < 1.29 is 19.8 Å². The van der Waals surface area contributed by atoms with Crippen LogP contribution < -0.4 is 0 Å². The van der Waals surface area contributed by atoms with Crippen molar-refractivity contribution in [2.45, 2.75) is 13.0 Å². The van der Waals surface area contributed by atoms with Crippen LogP contribution in [0.4, 0.5) is 0 Å². The summed E-state index contributed by atoms with van der Waals surface area (Å²) in [5.74, 6) is -3.65. The van der Waals surface area contributed by atoms with E-state index in [2.05, 4.69) is 34.0 Å². The van der Waals surface area contributed by atoms with Crippen molar-refractivity contribution in [2.75, 3.05) is 13.6 Å². The highest BCUT2D eigenvalue weighted by atomic mass is 16.4. The molecule has 2 N–H and O–H groups in total. The van der Waals surface area contributed by atoms with E-state index in [-0.39, 0.29) is 0 Å². The summed E-state index contributed by atoms with van der Waals surface area (Å²) in [5, 5.41) is 14.8. The molecule has 2 rings (SSSR count). The Morgan fingerprint density at radius 3 is 2.35 bits per heavy atom. The third-order valence-electron chi connectivity index (χ3n) is 2.83. The van der Waals surface area contributed by atoms with E-state index in [0.717, 1.165) is 25.2 Å². The van der Waals surface area contributed by atoms with Gasteiger partial charge in [-0.25, -0.2) is 9.59 Å². The topological polar surface area (TPSA) is 104 Å². The van der Waals surface area contributed by atoms with Crippen molar-refractivity contribution in [2.24, 2.45) is 0 Å². The minimum atomic E-state index is -1.82. The van der Waals surface area contributed by atoms with Crippen molar-refractivity contribution in [3.8, 4) is 0 Å². The number of carboxylic acid groups (broad SMARTS) is 2. The van der Waals surface area contributed by atoms with E-state index in [0.29, 0.717) is 0 Å². The monoisotopic (exact) mass is 317 g/mol. The van der Waals surface area contributed by atoms with Gasteiger partial charge in [0.05, 0.1) is 0 Å². The van der Waals surface area contributed by atoms with Crippen LogP contribution in [0.5, 0.6) is 0 Å². The van der Waals surface area contributed by atoms with Crippen LogP contribution in [-0.4, -0.2) is 50.6 Å². The summed E-state index contributed by atoms with van der Waals surface area (Å²) in [4.78, 5) is 28.9. The smallest absolute Gasteiger partial charge is 0.414 e. The number of hydrogen-bond donors (Lipinski definition) is 2. The average molecular weight is 317 g/mol. The molecule has 0 unspecified atom stereocenters. The Kier molecular flexibility index (Phi) is 7.95. The minimum Gasteiger partial charge on any atom is -0.473 e. The molecule has 0 spiro atoms. The lowest BCUT2D eigenvalue weighted by atomic mass is 10.2. The third kappa shape index (κ3) is 8.27. The zero-order chi connectivity index (χ0) is 17.1. The molecule has 2 heterocycles. The molecule has 0 aliphatic rings. The van der Waals surface area contributed by atoms with Gasteiger partial charge in [-0.3, -0.25) is 9.97 Å². The Morgan fingerprint density at radius 2 is 1.83 bits per heavy atom. The third-order valence-corrected chi connectivity index (χ3v) is 2.83. The van der Waals surface area contributed by atoms with E-state index in [1.165, 1.54) is 5.56 Å². The predicted molar refractivity (Wildman–Crippen MR) is 83.8 cm³/mol. The number of aliphatic carboxylic acids is 2. The van der Waals surface area contributed by atoms with Gasteiger partial charge >= 0.3 is 11.9 Å². The summed E-state index contributed by atoms with van der Waals surface area (Å²) in [6.45, 7) is 1.94. The lowest BCUT2D eigenvalue weighted by molar-refractivity contribution is -0.159. The zero-order valence-corrected chi connectivity index (χ0v) is 12.8. The fraction of sp³-hybridized carbons (Fsp3) is 0.250. The van der Waals surface area contributed by atoms with E-state index in [4.69, 9.17) is 19.8 Å². The van der Waals surface area contributed by atoms with Crippen LogP contribution in [0.25, 0.3) is 0 Å². The van der Waals surface area contributed by atoms with E-state index in [1.807, 2.05) is 30.6 Å². The first-order chi connectivity index (χ1) is 11.0. The van der Waals surface area contributed by atoms with E-state index in [9.17, 15) is 0 Å².